The lowest BCUT2D eigenvalue weighted by Crippen LogP contribution is -2.51. The molecular weight excluding hydrogens is 599 g/mol. The van der Waals surface area contributed by atoms with E-state index in [1.54, 1.807) is 12.3 Å². The van der Waals surface area contributed by atoms with Crippen LogP contribution in [0.3, 0.4) is 0 Å². The molecule has 1 saturated carbocycles. The topological polar surface area (TPSA) is 133 Å². The number of piperazine rings is 1. The number of fused-ring (bicyclic) bond motifs is 6. The summed E-state index contributed by atoms with van der Waals surface area (Å²) in [6.07, 6.45) is 3.32. The zero-order valence-corrected chi connectivity index (χ0v) is 24.2. The molecule has 2 unspecified atom stereocenters. The molecule has 2 aliphatic heterocycles. The summed E-state index contributed by atoms with van der Waals surface area (Å²) in [6.45, 7) is 0.330. The first-order valence-electron chi connectivity index (χ1n) is 13.8. The molecule has 0 radical (unpaired) electrons. The number of ether oxygens (including phenoxy) is 1. The van der Waals surface area contributed by atoms with Crippen molar-refractivity contribution in [1.82, 2.24) is 20.3 Å². The van der Waals surface area contributed by atoms with E-state index in [-0.39, 0.29) is 21.3 Å². The van der Waals surface area contributed by atoms with Crippen LogP contribution in [0.2, 0.25) is 0 Å². The Morgan fingerprint density at radius 1 is 1.14 bits per heavy atom. The number of anilines is 2. The van der Waals surface area contributed by atoms with Gasteiger partial charge >= 0.3 is 6.01 Å². The molecule has 3 atom stereocenters. The highest BCUT2D eigenvalue weighted by Gasteiger charge is 2.71. The van der Waals surface area contributed by atoms with Crippen molar-refractivity contribution in [2.24, 2.45) is 5.41 Å². The maximum absolute atomic E-state index is 14.8. The number of aliphatic hydroxyl groups is 1. The highest BCUT2D eigenvalue weighted by atomic mass is 32.1. The number of hydrogen-bond acceptors (Lipinski definition) is 11. The lowest BCUT2D eigenvalue weighted by Gasteiger charge is -2.34. The second-order valence-corrected chi connectivity index (χ2v) is 13.6. The van der Waals surface area contributed by atoms with E-state index in [1.165, 1.54) is 17.4 Å². The van der Waals surface area contributed by atoms with Gasteiger partial charge in [-0.25, -0.2) is 13.2 Å². The molecule has 4 aromatic heterocycles. The molecule has 5 aromatic rings. The number of nitrogens with one attached hydrogen (secondary N) is 1. The highest BCUT2D eigenvalue weighted by Crippen LogP contribution is 2.60. The summed E-state index contributed by atoms with van der Waals surface area (Å²) in [5, 5.41) is 25.4. The molecule has 2 bridgehead atoms. The van der Waals surface area contributed by atoms with Gasteiger partial charge in [0.1, 0.15) is 34.1 Å². The predicted octanol–water partition coefficient (Wildman–Crippen LogP) is 5.05. The third-order valence-corrected chi connectivity index (χ3v) is 11.0. The second-order valence-electron chi connectivity index (χ2n) is 11.6. The van der Waals surface area contributed by atoms with Crippen LogP contribution in [-0.4, -0.2) is 64.4 Å². The number of nitrogens with two attached hydrogens (primary N) is 1. The first-order chi connectivity index (χ1) is 20.7. The maximum atomic E-state index is 14.8. The Labute approximate surface area is 250 Å². The van der Waals surface area contributed by atoms with Gasteiger partial charge in [0, 0.05) is 54.1 Å². The van der Waals surface area contributed by atoms with E-state index in [2.05, 4.69) is 26.3 Å². The van der Waals surface area contributed by atoms with Gasteiger partial charge in [-0.05, 0) is 31.0 Å². The Hall–Kier alpha value is -3.77. The van der Waals surface area contributed by atoms with Crippen molar-refractivity contribution in [3.8, 4) is 23.3 Å². The van der Waals surface area contributed by atoms with Gasteiger partial charge in [-0.15, -0.1) is 22.7 Å². The van der Waals surface area contributed by atoms with Crippen molar-refractivity contribution in [3.05, 3.63) is 35.8 Å². The van der Waals surface area contributed by atoms with Gasteiger partial charge in [0.25, 0.3) is 5.92 Å². The summed E-state index contributed by atoms with van der Waals surface area (Å²) in [4.78, 5) is 16.9. The van der Waals surface area contributed by atoms with E-state index in [4.69, 9.17) is 15.5 Å². The summed E-state index contributed by atoms with van der Waals surface area (Å²) in [7, 11) is 0. The first-order valence-corrected chi connectivity index (χ1v) is 15.5. The normalized spacial score (nSPS) is 24.2. The van der Waals surface area contributed by atoms with E-state index < -0.39 is 36.8 Å². The lowest BCUT2D eigenvalue weighted by molar-refractivity contribution is 0.0126. The number of rotatable bonds is 6. The number of pyridine rings is 1. The molecule has 2 saturated heterocycles. The minimum absolute atomic E-state index is 0.0356. The predicted molar refractivity (Wildman–Crippen MR) is 159 cm³/mol. The number of nitrogens with zero attached hydrogens (tertiary/aromatic N) is 5. The van der Waals surface area contributed by atoms with Crippen LogP contribution in [0.1, 0.15) is 24.8 Å². The summed E-state index contributed by atoms with van der Waals surface area (Å²) in [5.41, 5.74) is 5.79. The summed E-state index contributed by atoms with van der Waals surface area (Å²) in [6, 6.07) is 7.52. The number of nitrogen functional groups attached to an aromatic ring is 1. The molecule has 8 rings (SSSR count). The van der Waals surface area contributed by atoms with Gasteiger partial charge in [-0.1, -0.05) is 0 Å². The Bertz CT molecular complexity index is 2000. The average Bonchev–Trinajstić information content (AvgIpc) is 3.33. The number of halogens is 3. The van der Waals surface area contributed by atoms with E-state index in [0.717, 1.165) is 39.7 Å². The molecule has 6 heterocycles. The molecule has 220 valence electrons. The SMILES string of the molecule is N#Cc1c(N)sc2c(F)ccc(-c3nccc4c3sc3nc(OC[C@]5(CO)CC5(F)F)nc(N5CC6CCC(C5)N6)c34)c12. The van der Waals surface area contributed by atoms with Gasteiger partial charge in [-0.2, -0.15) is 15.2 Å². The van der Waals surface area contributed by atoms with Crippen LogP contribution in [0.15, 0.2) is 24.4 Å². The van der Waals surface area contributed by atoms with E-state index in [9.17, 15) is 23.5 Å². The van der Waals surface area contributed by atoms with Gasteiger partial charge < -0.3 is 25.8 Å². The molecule has 3 fully saturated rings. The molecule has 4 N–H and O–H groups in total. The molecule has 43 heavy (non-hydrogen) atoms. The smallest absolute Gasteiger partial charge is 0.319 e. The first kappa shape index (κ1) is 26.8. The molecular formula is C29H24F3N7O2S2. The van der Waals surface area contributed by atoms with Crippen molar-refractivity contribution < 1.29 is 23.0 Å². The summed E-state index contributed by atoms with van der Waals surface area (Å²) >= 11 is 2.37. The number of nitriles is 1. The van der Waals surface area contributed by atoms with Gasteiger partial charge in [0.2, 0.25) is 0 Å². The number of aromatic nitrogens is 3. The minimum Gasteiger partial charge on any atom is -0.462 e. The number of thiophene rings is 2. The number of hydrogen-bond donors (Lipinski definition) is 3. The Morgan fingerprint density at radius 3 is 2.60 bits per heavy atom. The average molecular weight is 624 g/mol. The van der Waals surface area contributed by atoms with Crippen molar-refractivity contribution >= 4 is 63.9 Å². The Balaban J connectivity index is 1.32. The molecule has 1 aliphatic carbocycles. The largest absolute Gasteiger partial charge is 0.462 e. The molecule has 1 aromatic carbocycles. The summed E-state index contributed by atoms with van der Waals surface area (Å²) in [5.74, 6) is -2.83. The quantitative estimate of drug-likeness (QED) is 0.238. The number of alkyl halides is 2. The fourth-order valence-corrected chi connectivity index (χ4v) is 8.58. The summed E-state index contributed by atoms with van der Waals surface area (Å²) < 4.78 is 49.8. The zero-order chi connectivity index (χ0) is 29.7. The van der Waals surface area contributed by atoms with Gasteiger partial charge in [-0.3, -0.25) is 4.98 Å². The zero-order valence-electron chi connectivity index (χ0n) is 22.5. The van der Waals surface area contributed by atoms with E-state index in [0.29, 0.717) is 52.5 Å². The van der Waals surface area contributed by atoms with Gasteiger partial charge in [0.05, 0.1) is 38.1 Å². The fourth-order valence-electron chi connectivity index (χ4n) is 6.47. The van der Waals surface area contributed by atoms with E-state index >= 15 is 0 Å². The van der Waals surface area contributed by atoms with Crippen LogP contribution in [0, 0.1) is 22.6 Å². The van der Waals surface area contributed by atoms with Crippen LogP contribution in [0.4, 0.5) is 24.0 Å². The van der Waals surface area contributed by atoms with Crippen LogP contribution >= 0.6 is 22.7 Å². The van der Waals surface area contributed by atoms with Crippen molar-refractivity contribution in [1.29, 1.82) is 5.26 Å². The lowest BCUT2D eigenvalue weighted by atomic mass is 10.0. The number of aliphatic hydroxyl groups excluding tert-OH is 1. The third kappa shape index (κ3) is 3.98. The second kappa shape index (κ2) is 9.36. The Morgan fingerprint density at radius 2 is 1.91 bits per heavy atom. The van der Waals surface area contributed by atoms with E-state index in [1.807, 2.05) is 6.07 Å². The van der Waals surface area contributed by atoms with Gasteiger partial charge in [0.15, 0.2) is 0 Å². The van der Waals surface area contributed by atoms with Crippen LogP contribution in [-0.2, 0) is 0 Å². The standard InChI is InChI=1S/C29H24F3N7O2S2/c30-18-4-3-15(19-17(7-33)24(34)42-23(18)19)21-22-16(5-6-35-21)20-25(39-8-13-1-2-14(9-39)36-13)37-27(38-26(20)43-22)41-12-28(11-40)10-29(28,31)32/h3-6,13-14,36,40H,1-2,8-12,34H2/t13?,14?,28-/m1/s1. The van der Waals surface area contributed by atoms with Crippen molar-refractivity contribution in [2.75, 3.05) is 36.9 Å². The highest BCUT2D eigenvalue weighted by molar-refractivity contribution is 7.26. The fraction of sp³-hybridized carbons (Fsp3) is 0.379. The molecule has 0 amide bonds. The molecule has 14 heteroatoms. The Kier molecular flexibility index (Phi) is 5.84. The van der Waals surface area contributed by atoms with Crippen molar-refractivity contribution in [2.45, 2.75) is 37.3 Å². The number of benzene rings is 1. The third-order valence-electron chi connectivity index (χ3n) is 8.90. The molecule has 9 nitrogen and oxygen atoms in total. The van der Waals surface area contributed by atoms with Crippen LogP contribution in [0.5, 0.6) is 6.01 Å². The van der Waals surface area contributed by atoms with Crippen LogP contribution < -0.4 is 20.7 Å². The van der Waals surface area contributed by atoms with Crippen LogP contribution in [0.25, 0.3) is 41.6 Å². The monoisotopic (exact) mass is 623 g/mol. The molecule has 0 spiro atoms. The van der Waals surface area contributed by atoms with Crippen molar-refractivity contribution in [3.63, 3.8) is 0 Å². The molecule has 3 aliphatic rings. The maximum Gasteiger partial charge on any atom is 0.319 e. The minimum atomic E-state index is -3.00.